The number of hydrazine groups is 1. The number of hydrogen-bond acceptors (Lipinski definition) is 3. The lowest BCUT2D eigenvalue weighted by Gasteiger charge is -2.14. The van der Waals surface area contributed by atoms with Gasteiger partial charge in [-0.25, -0.2) is 5.01 Å². The lowest BCUT2D eigenvalue weighted by molar-refractivity contribution is -0.117. The molecule has 0 atom stereocenters. The van der Waals surface area contributed by atoms with Crippen LogP contribution in [0.2, 0.25) is 5.02 Å². The van der Waals surface area contributed by atoms with Crippen LogP contribution in [0.25, 0.3) is 6.08 Å². The fourth-order valence-corrected chi connectivity index (χ4v) is 2.48. The summed E-state index contributed by atoms with van der Waals surface area (Å²) in [7, 11) is 1.53. The van der Waals surface area contributed by atoms with Gasteiger partial charge >= 0.3 is 0 Å². The predicted molar refractivity (Wildman–Crippen MR) is 88.1 cm³/mol. The predicted octanol–water partition coefficient (Wildman–Crippen LogP) is 2.81. The molecule has 1 saturated heterocycles. The summed E-state index contributed by atoms with van der Waals surface area (Å²) in [6, 6.07) is 13.9. The number of carbonyl (C=O) groups excluding carboxylic acids is 2. The fourth-order valence-electron chi connectivity index (χ4n) is 2.30. The zero-order chi connectivity index (χ0) is 16.4. The maximum absolute atomic E-state index is 12.5. The van der Waals surface area contributed by atoms with Gasteiger partial charge < -0.3 is 4.74 Å². The Bertz CT molecular complexity index is 817. The summed E-state index contributed by atoms with van der Waals surface area (Å²) in [5.41, 5.74) is 3.72. The van der Waals surface area contributed by atoms with E-state index in [1.54, 1.807) is 42.5 Å². The van der Waals surface area contributed by atoms with Crippen LogP contribution in [0.1, 0.15) is 5.56 Å². The van der Waals surface area contributed by atoms with Crippen LogP contribution >= 0.6 is 11.6 Å². The molecule has 0 spiro atoms. The van der Waals surface area contributed by atoms with E-state index in [0.717, 1.165) is 0 Å². The molecule has 2 amide bonds. The minimum atomic E-state index is -0.471. The highest BCUT2D eigenvalue weighted by Gasteiger charge is 2.34. The molecular weight excluding hydrogens is 316 g/mol. The number of benzene rings is 2. The van der Waals surface area contributed by atoms with E-state index >= 15 is 0 Å². The van der Waals surface area contributed by atoms with Gasteiger partial charge in [0, 0.05) is 10.6 Å². The lowest BCUT2D eigenvalue weighted by Crippen LogP contribution is -2.35. The van der Waals surface area contributed by atoms with Crippen molar-refractivity contribution in [1.29, 1.82) is 0 Å². The molecule has 1 heterocycles. The molecule has 0 radical (unpaired) electrons. The molecule has 6 heteroatoms. The number of nitrogens with zero attached hydrogens (tertiary/aromatic N) is 1. The average Bonchev–Trinajstić information content (AvgIpc) is 2.83. The number of halogens is 1. The molecule has 1 aliphatic rings. The Labute approximate surface area is 138 Å². The van der Waals surface area contributed by atoms with Crippen molar-refractivity contribution in [2.24, 2.45) is 0 Å². The van der Waals surface area contributed by atoms with Crippen molar-refractivity contribution in [2.75, 3.05) is 12.1 Å². The Hall–Kier alpha value is -2.79. The Morgan fingerprint density at radius 1 is 1.13 bits per heavy atom. The molecule has 0 aromatic heterocycles. The van der Waals surface area contributed by atoms with Crippen LogP contribution in [0.4, 0.5) is 5.69 Å². The zero-order valence-electron chi connectivity index (χ0n) is 12.2. The van der Waals surface area contributed by atoms with Gasteiger partial charge in [-0.1, -0.05) is 35.9 Å². The Morgan fingerprint density at radius 2 is 1.91 bits per heavy atom. The molecule has 1 aliphatic heterocycles. The van der Waals surface area contributed by atoms with Gasteiger partial charge in [0.15, 0.2) is 0 Å². The monoisotopic (exact) mass is 328 g/mol. The quantitative estimate of drug-likeness (QED) is 0.696. The molecule has 5 nitrogen and oxygen atoms in total. The van der Waals surface area contributed by atoms with Crippen molar-refractivity contribution in [2.45, 2.75) is 0 Å². The van der Waals surface area contributed by atoms with E-state index in [-0.39, 0.29) is 5.57 Å². The second-order valence-electron chi connectivity index (χ2n) is 4.86. The molecule has 0 bridgehead atoms. The summed E-state index contributed by atoms with van der Waals surface area (Å²) in [5.74, 6) is -0.328. The second kappa shape index (κ2) is 6.14. The Balaban J connectivity index is 1.97. The van der Waals surface area contributed by atoms with Gasteiger partial charge in [-0.3, -0.25) is 15.0 Å². The summed E-state index contributed by atoms with van der Waals surface area (Å²) >= 11 is 5.93. The van der Waals surface area contributed by atoms with Crippen LogP contribution < -0.4 is 15.2 Å². The number of methoxy groups -OCH3 is 1. The molecule has 0 unspecified atom stereocenters. The number of hydrogen-bond donors (Lipinski definition) is 1. The molecule has 2 aromatic rings. The maximum Gasteiger partial charge on any atom is 0.282 e. The first-order valence-electron chi connectivity index (χ1n) is 6.86. The molecule has 116 valence electrons. The molecular formula is C17H13ClN2O3. The first-order chi connectivity index (χ1) is 11.1. The van der Waals surface area contributed by atoms with E-state index < -0.39 is 11.8 Å². The van der Waals surface area contributed by atoms with E-state index in [4.69, 9.17) is 16.3 Å². The van der Waals surface area contributed by atoms with Crippen LogP contribution in [-0.2, 0) is 9.59 Å². The van der Waals surface area contributed by atoms with Crippen LogP contribution in [0.15, 0.2) is 54.1 Å². The van der Waals surface area contributed by atoms with Crippen LogP contribution in [0.3, 0.4) is 0 Å². The molecule has 1 fully saturated rings. The van der Waals surface area contributed by atoms with Gasteiger partial charge in [-0.05, 0) is 30.3 Å². The lowest BCUT2D eigenvalue weighted by atomic mass is 10.1. The summed E-state index contributed by atoms with van der Waals surface area (Å²) in [4.78, 5) is 24.7. The third-order valence-electron chi connectivity index (χ3n) is 3.40. The first-order valence-corrected chi connectivity index (χ1v) is 7.23. The summed E-state index contributed by atoms with van der Waals surface area (Å²) in [6.45, 7) is 0. The first kappa shape index (κ1) is 15.1. The van der Waals surface area contributed by atoms with Gasteiger partial charge in [-0.15, -0.1) is 0 Å². The highest BCUT2D eigenvalue weighted by Crippen LogP contribution is 2.26. The normalized spacial score (nSPS) is 15.9. The van der Waals surface area contributed by atoms with E-state index in [1.165, 1.54) is 18.2 Å². The molecule has 0 aliphatic carbocycles. The SMILES string of the molecule is COc1ccccc1/C=C1/C(=O)NN(c2cccc(Cl)c2)C1=O. The van der Waals surface area contributed by atoms with Crippen LogP contribution in [0, 0.1) is 0 Å². The average molecular weight is 329 g/mol. The number of anilines is 1. The topological polar surface area (TPSA) is 58.6 Å². The highest BCUT2D eigenvalue weighted by atomic mass is 35.5. The minimum Gasteiger partial charge on any atom is -0.496 e. The van der Waals surface area contributed by atoms with Crippen LogP contribution in [0.5, 0.6) is 5.75 Å². The Morgan fingerprint density at radius 3 is 2.65 bits per heavy atom. The van der Waals surface area contributed by atoms with Crippen molar-refractivity contribution >= 4 is 35.2 Å². The van der Waals surface area contributed by atoms with Gasteiger partial charge in [0.25, 0.3) is 11.8 Å². The van der Waals surface area contributed by atoms with Crippen molar-refractivity contribution in [3.05, 3.63) is 64.7 Å². The van der Waals surface area contributed by atoms with E-state index in [2.05, 4.69) is 5.43 Å². The third-order valence-corrected chi connectivity index (χ3v) is 3.63. The summed E-state index contributed by atoms with van der Waals surface area (Å²) in [5, 5.41) is 1.65. The number of nitrogens with one attached hydrogen (secondary N) is 1. The number of amides is 2. The molecule has 2 aromatic carbocycles. The summed E-state index contributed by atoms with van der Waals surface area (Å²) < 4.78 is 5.23. The number of carbonyl (C=O) groups is 2. The van der Waals surface area contributed by atoms with Crippen LogP contribution in [-0.4, -0.2) is 18.9 Å². The van der Waals surface area contributed by atoms with Gasteiger partial charge in [0.2, 0.25) is 0 Å². The standard InChI is InChI=1S/C17H13ClN2O3/c1-23-15-8-3-2-5-11(15)9-14-16(21)19-20(17(14)22)13-7-4-6-12(18)10-13/h2-10H,1H3,(H,19,21)/b14-9-. The van der Waals surface area contributed by atoms with Crippen molar-refractivity contribution in [3.63, 3.8) is 0 Å². The minimum absolute atomic E-state index is 0.0366. The van der Waals surface area contributed by atoms with Gasteiger partial charge in [0.05, 0.1) is 12.8 Å². The molecule has 1 N–H and O–H groups in total. The molecule has 0 saturated carbocycles. The highest BCUT2D eigenvalue weighted by molar-refractivity contribution is 6.33. The second-order valence-corrected chi connectivity index (χ2v) is 5.30. The van der Waals surface area contributed by atoms with E-state index in [9.17, 15) is 9.59 Å². The number of para-hydroxylation sites is 1. The summed E-state index contributed by atoms with van der Waals surface area (Å²) in [6.07, 6.45) is 1.51. The number of ether oxygens (including phenoxy) is 1. The van der Waals surface area contributed by atoms with E-state index in [1.807, 2.05) is 6.07 Å². The van der Waals surface area contributed by atoms with Crippen molar-refractivity contribution < 1.29 is 14.3 Å². The van der Waals surface area contributed by atoms with Gasteiger partial charge in [0.1, 0.15) is 11.3 Å². The molecule has 3 rings (SSSR count). The van der Waals surface area contributed by atoms with Gasteiger partial charge in [-0.2, -0.15) is 0 Å². The van der Waals surface area contributed by atoms with Crippen molar-refractivity contribution in [3.8, 4) is 5.75 Å². The number of rotatable bonds is 3. The van der Waals surface area contributed by atoms with Crippen molar-refractivity contribution in [1.82, 2.24) is 5.43 Å². The Kier molecular flexibility index (Phi) is 4.04. The molecule has 23 heavy (non-hydrogen) atoms. The third kappa shape index (κ3) is 2.91. The largest absolute Gasteiger partial charge is 0.496 e. The smallest absolute Gasteiger partial charge is 0.282 e. The fraction of sp³-hybridized carbons (Fsp3) is 0.0588. The van der Waals surface area contributed by atoms with E-state index in [0.29, 0.717) is 22.0 Å². The maximum atomic E-state index is 12.5. The zero-order valence-corrected chi connectivity index (χ0v) is 13.0.